The van der Waals surface area contributed by atoms with E-state index in [1.807, 2.05) is 30.3 Å². The van der Waals surface area contributed by atoms with Crippen molar-refractivity contribution in [3.63, 3.8) is 0 Å². The number of benzene rings is 1. The zero-order chi connectivity index (χ0) is 24.3. The minimum atomic E-state index is -1.09. The first-order valence-corrected chi connectivity index (χ1v) is 12.3. The summed E-state index contributed by atoms with van der Waals surface area (Å²) < 4.78 is 0. The van der Waals surface area contributed by atoms with Gasteiger partial charge < -0.3 is 20.1 Å². The van der Waals surface area contributed by atoms with Crippen molar-refractivity contribution in [2.75, 3.05) is 31.5 Å². The molecule has 1 aromatic carbocycles. The first-order valence-electron chi connectivity index (χ1n) is 12.3. The van der Waals surface area contributed by atoms with Gasteiger partial charge in [-0.05, 0) is 57.8 Å². The van der Waals surface area contributed by atoms with Crippen LogP contribution >= 0.6 is 0 Å². The largest absolute Gasteiger partial charge is 0.465 e. The second-order valence-electron chi connectivity index (χ2n) is 9.10. The van der Waals surface area contributed by atoms with Gasteiger partial charge in [-0.25, -0.2) is 4.79 Å². The summed E-state index contributed by atoms with van der Waals surface area (Å²) in [5.74, 6) is -0.198. The van der Waals surface area contributed by atoms with E-state index in [2.05, 4.69) is 15.2 Å². The molecule has 0 spiro atoms. The van der Waals surface area contributed by atoms with Crippen LogP contribution in [0.2, 0.25) is 0 Å². The Morgan fingerprint density at radius 3 is 2.62 bits per heavy atom. The van der Waals surface area contributed by atoms with Gasteiger partial charge in [0.1, 0.15) is 11.8 Å². The molecule has 1 aliphatic rings. The number of hydrogen-bond donors (Lipinski definition) is 2. The summed E-state index contributed by atoms with van der Waals surface area (Å²) in [5.41, 5.74) is 1.38. The Labute approximate surface area is 201 Å². The highest BCUT2D eigenvalue weighted by molar-refractivity contribution is 5.97. The van der Waals surface area contributed by atoms with Crippen molar-refractivity contribution in [2.24, 2.45) is 0 Å². The van der Waals surface area contributed by atoms with Crippen molar-refractivity contribution in [2.45, 2.75) is 64.3 Å². The highest BCUT2D eigenvalue weighted by Crippen LogP contribution is 2.19. The predicted octanol–water partition coefficient (Wildman–Crippen LogP) is 4.55. The molecule has 2 N–H and O–H groups in total. The van der Waals surface area contributed by atoms with E-state index < -0.39 is 12.1 Å². The van der Waals surface area contributed by atoms with Crippen molar-refractivity contribution in [1.82, 2.24) is 14.8 Å². The number of hydrogen-bond acceptors (Lipinski definition) is 5. The molecule has 184 valence electrons. The van der Waals surface area contributed by atoms with Crippen molar-refractivity contribution in [3.05, 3.63) is 36.5 Å². The van der Waals surface area contributed by atoms with Gasteiger partial charge in [0.25, 0.3) is 0 Å². The summed E-state index contributed by atoms with van der Waals surface area (Å²) in [4.78, 5) is 44.7. The molecule has 0 unspecified atom stereocenters. The maximum absolute atomic E-state index is 13.3. The van der Waals surface area contributed by atoms with E-state index in [0.717, 1.165) is 49.7 Å². The topological polar surface area (TPSA) is 103 Å². The number of anilines is 1. The first kappa shape index (κ1) is 25.6. The molecule has 1 atom stereocenters. The van der Waals surface area contributed by atoms with Gasteiger partial charge >= 0.3 is 6.09 Å². The Kier molecular flexibility index (Phi) is 9.82. The van der Waals surface area contributed by atoms with Crippen molar-refractivity contribution < 1.29 is 19.5 Å². The standard InChI is InChI=1S/C26H36N4O4/c1-20(31)10-4-2-5-13-24(30(26(33)34)17-16-29-14-8-3-9-15-29)25(32)28-22-18-21-11-6-7-12-23(21)27-19-22/h6-7,11-12,18-19,24H,2-5,8-10,13-17H2,1H3,(H,28,32)(H,33,34)/t24-/m0/s1. The molecule has 3 rings (SSSR count). The summed E-state index contributed by atoms with van der Waals surface area (Å²) in [6.07, 6.45) is 7.11. The highest BCUT2D eigenvalue weighted by Gasteiger charge is 2.30. The van der Waals surface area contributed by atoms with Crippen molar-refractivity contribution in [1.29, 1.82) is 0 Å². The molecule has 1 fully saturated rings. The SMILES string of the molecule is CC(=O)CCCCC[C@@H](C(=O)Nc1cnc2ccccc2c1)N(CCN1CCCCC1)C(=O)O. The lowest BCUT2D eigenvalue weighted by atomic mass is 10.0. The smallest absolute Gasteiger partial charge is 0.408 e. The fourth-order valence-corrected chi connectivity index (χ4v) is 4.50. The average Bonchev–Trinajstić information content (AvgIpc) is 2.82. The van der Waals surface area contributed by atoms with Crippen LogP contribution in [0.15, 0.2) is 36.5 Å². The van der Waals surface area contributed by atoms with Crippen LogP contribution in [-0.4, -0.2) is 69.9 Å². The van der Waals surface area contributed by atoms with Crippen LogP contribution in [0.5, 0.6) is 0 Å². The second kappa shape index (κ2) is 13.0. The maximum Gasteiger partial charge on any atom is 0.408 e. The lowest BCUT2D eigenvalue weighted by Gasteiger charge is -2.32. The Bertz CT molecular complexity index is 974. The molecular formula is C26H36N4O4. The minimum Gasteiger partial charge on any atom is -0.465 e. The van der Waals surface area contributed by atoms with Gasteiger partial charge in [-0.1, -0.05) is 37.5 Å². The van der Waals surface area contributed by atoms with E-state index in [1.54, 1.807) is 13.1 Å². The molecule has 0 aliphatic carbocycles. The molecule has 34 heavy (non-hydrogen) atoms. The normalized spacial score (nSPS) is 15.1. The highest BCUT2D eigenvalue weighted by atomic mass is 16.4. The molecule has 8 heteroatoms. The van der Waals surface area contributed by atoms with E-state index >= 15 is 0 Å². The summed E-state index contributed by atoms with van der Waals surface area (Å²) in [5, 5.41) is 13.8. The number of para-hydroxylation sites is 1. The number of fused-ring (bicyclic) bond motifs is 1. The number of pyridine rings is 1. The number of carbonyl (C=O) groups excluding carboxylic acids is 2. The van der Waals surface area contributed by atoms with Crippen LogP contribution < -0.4 is 5.32 Å². The molecule has 0 saturated carbocycles. The molecule has 0 radical (unpaired) electrons. The Hall–Kier alpha value is -3.00. The molecule has 1 aliphatic heterocycles. The molecular weight excluding hydrogens is 432 g/mol. The average molecular weight is 469 g/mol. The number of likely N-dealkylation sites (tertiary alicyclic amines) is 1. The Morgan fingerprint density at radius 1 is 1.12 bits per heavy atom. The number of ketones is 1. The lowest BCUT2D eigenvalue weighted by Crippen LogP contribution is -2.50. The number of carbonyl (C=O) groups is 3. The van der Waals surface area contributed by atoms with Gasteiger partial charge in [-0.3, -0.25) is 14.7 Å². The third kappa shape index (κ3) is 7.80. The quantitative estimate of drug-likeness (QED) is 0.443. The van der Waals surface area contributed by atoms with Crippen LogP contribution in [0.3, 0.4) is 0 Å². The monoisotopic (exact) mass is 468 g/mol. The number of rotatable bonds is 12. The fourth-order valence-electron chi connectivity index (χ4n) is 4.50. The Morgan fingerprint density at radius 2 is 1.88 bits per heavy atom. The number of nitrogens with one attached hydrogen (secondary N) is 1. The van der Waals surface area contributed by atoms with Crippen molar-refractivity contribution >= 4 is 34.4 Å². The zero-order valence-corrected chi connectivity index (χ0v) is 20.0. The molecule has 2 aromatic rings. The van der Waals surface area contributed by atoms with E-state index in [9.17, 15) is 19.5 Å². The summed E-state index contributed by atoms with van der Waals surface area (Å²) >= 11 is 0. The lowest BCUT2D eigenvalue weighted by molar-refractivity contribution is -0.121. The van der Waals surface area contributed by atoms with Crippen LogP contribution in [0.1, 0.15) is 58.3 Å². The molecule has 0 bridgehead atoms. The van der Waals surface area contributed by atoms with Gasteiger partial charge in [0.15, 0.2) is 0 Å². The van der Waals surface area contributed by atoms with Gasteiger partial charge in [0, 0.05) is 24.9 Å². The van der Waals surface area contributed by atoms with Gasteiger partial charge in [0.05, 0.1) is 17.4 Å². The van der Waals surface area contributed by atoms with Crippen LogP contribution in [0.4, 0.5) is 10.5 Å². The molecule has 1 saturated heterocycles. The van der Waals surface area contributed by atoms with Crippen molar-refractivity contribution in [3.8, 4) is 0 Å². The molecule has 8 nitrogen and oxygen atoms in total. The van der Waals surface area contributed by atoms with E-state index in [0.29, 0.717) is 31.5 Å². The zero-order valence-electron chi connectivity index (χ0n) is 20.0. The number of amides is 2. The minimum absolute atomic E-state index is 0.145. The number of piperidine rings is 1. The number of nitrogens with zero attached hydrogens (tertiary/aromatic N) is 3. The predicted molar refractivity (Wildman–Crippen MR) is 133 cm³/mol. The van der Waals surface area contributed by atoms with Crippen LogP contribution in [0, 0.1) is 0 Å². The summed E-state index contributed by atoms with van der Waals surface area (Å²) in [6.45, 7) is 4.42. The Balaban J connectivity index is 1.70. The fraction of sp³-hybridized carbons (Fsp3) is 0.538. The van der Waals surface area contributed by atoms with E-state index in [-0.39, 0.29) is 18.2 Å². The molecule has 2 amide bonds. The van der Waals surface area contributed by atoms with Gasteiger partial charge in [-0.2, -0.15) is 0 Å². The van der Waals surface area contributed by atoms with Gasteiger partial charge in [-0.15, -0.1) is 0 Å². The maximum atomic E-state index is 13.3. The summed E-state index contributed by atoms with van der Waals surface area (Å²) in [6, 6.07) is 8.69. The molecule has 1 aromatic heterocycles. The number of Topliss-reactive ketones (excluding diaryl/α,β-unsaturated/α-hetero) is 1. The second-order valence-corrected chi connectivity index (χ2v) is 9.10. The number of aromatic nitrogens is 1. The van der Waals surface area contributed by atoms with E-state index in [4.69, 9.17) is 0 Å². The third-order valence-electron chi connectivity index (χ3n) is 6.39. The number of unbranched alkanes of at least 4 members (excludes halogenated alkanes) is 2. The number of carboxylic acid groups (broad SMARTS) is 1. The first-order chi connectivity index (χ1) is 16.4. The third-order valence-corrected chi connectivity index (χ3v) is 6.39. The van der Waals surface area contributed by atoms with Crippen LogP contribution in [-0.2, 0) is 9.59 Å². The molecule has 2 heterocycles. The van der Waals surface area contributed by atoms with Crippen LogP contribution in [0.25, 0.3) is 10.9 Å². The van der Waals surface area contributed by atoms with Gasteiger partial charge in [0.2, 0.25) is 5.91 Å². The summed E-state index contributed by atoms with van der Waals surface area (Å²) in [7, 11) is 0. The van der Waals surface area contributed by atoms with E-state index in [1.165, 1.54) is 11.3 Å².